The molecule has 0 atom stereocenters. The highest BCUT2D eigenvalue weighted by Crippen LogP contribution is 2.28. The standard InChI is InChI=1S/C8H11N3O4S/c1-2-5-16(14,15)6-3-4-10-8(9)7(6)11(12)13/h3-4H,2,5H2,1H3,(H2,9,10). The molecule has 0 bridgehead atoms. The molecule has 0 saturated carbocycles. The Kier molecular flexibility index (Phi) is 3.43. The number of nitrogen functional groups attached to an aromatic ring is 1. The Morgan fingerprint density at radius 3 is 2.69 bits per heavy atom. The number of anilines is 1. The molecule has 0 spiro atoms. The number of sulfone groups is 1. The van der Waals surface area contributed by atoms with Crippen LogP contribution in [0.3, 0.4) is 0 Å². The predicted molar refractivity (Wildman–Crippen MR) is 57.6 cm³/mol. The summed E-state index contributed by atoms with van der Waals surface area (Å²) >= 11 is 0. The summed E-state index contributed by atoms with van der Waals surface area (Å²) in [5.74, 6) is -0.542. The van der Waals surface area contributed by atoms with Crippen molar-refractivity contribution in [1.82, 2.24) is 4.98 Å². The lowest BCUT2D eigenvalue weighted by Crippen LogP contribution is -2.11. The van der Waals surface area contributed by atoms with Crippen molar-refractivity contribution in [3.63, 3.8) is 0 Å². The average Bonchev–Trinajstić information content (AvgIpc) is 2.16. The highest BCUT2D eigenvalue weighted by atomic mass is 32.2. The van der Waals surface area contributed by atoms with E-state index in [0.717, 1.165) is 12.3 Å². The number of hydrogen-bond donors (Lipinski definition) is 1. The first kappa shape index (κ1) is 12.4. The molecule has 16 heavy (non-hydrogen) atoms. The molecule has 0 aliphatic rings. The van der Waals surface area contributed by atoms with Gasteiger partial charge in [0, 0.05) is 6.20 Å². The quantitative estimate of drug-likeness (QED) is 0.618. The van der Waals surface area contributed by atoms with E-state index in [-0.39, 0.29) is 16.5 Å². The van der Waals surface area contributed by atoms with Gasteiger partial charge in [0.25, 0.3) is 0 Å². The molecule has 0 aromatic carbocycles. The van der Waals surface area contributed by atoms with Crippen LogP contribution in [0.15, 0.2) is 17.2 Å². The molecule has 1 heterocycles. The van der Waals surface area contributed by atoms with Gasteiger partial charge in [0.05, 0.1) is 10.7 Å². The molecule has 1 aromatic heterocycles. The summed E-state index contributed by atoms with van der Waals surface area (Å²) in [6, 6.07) is 1.10. The third-order valence-electron chi connectivity index (χ3n) is 1.91. The number of hydrogen-bond acceptors (Lipinski definition) is 6. The number of nitrogens with zero attached hydrogens (tertiary/aromatic N) is 2. The summed E-state index contributed by atoms with van der Waals surface area (Å²) in [7, 11) is -3.67. The summed E-state index contributed by atoms with van der Waals surface area (Å²) in [5.41, 5.74) is 4.66. The Morgan fingerprint density at radius 1 is 1.56 bits per heavy atom. The SMILES string of the molecule is CCCS(=O)(=O)c1ccnc(N)c1[N+](=O)[O-]. The van der Waals surface area contributed by atoms with Crippen molar-refractivity contribution in [1.29, 1.82) is 0 Å². The van der Waals surface area contributed by atoms with E-state index in [1.165, 1.54) is 0 Å². The van der Waals surface area contributed by atoms with Gasteiger partial charge in [0.2, 0.25) is 5.82 Å². The van der Waals surface area contributed by atoms with E-state index in [0.29, 0.717) is 6.42 Å². The van der Waals surface area contributed by atoms with Gasteiger partial charge in [-0.15, -0.1) is 0 Å². The molecule has 1 aromatic rings. The minimum Gasteiger partial charge on any atom is -0.378 e. The van der Waals surface area contributed by atoms with Gasteiger partial charge in [-0.1, -0.05) is 6.92 Å². The van der Waals surface area contributed by atoms with Crippen molar-refractivity contribution in [2.75, 3.05) is 11.5 Å². The maximum atomic E-state index is 11.7. The first-order chi connectivity index (χ1) is 7.40. The third kappa shape index (κ3) is 2.27. The van der Waals surface area contributed by atoms with Crippen LogP contribution in [0.2, 0.25) is 0 Å². The zero-order valence-electron chi connectivity index (χ0n) is 8.58. The summed E-state index contributed by atoms with van der Waals surface area (Å²) < 4.78 is 23.4. The monoisotopic (exact) mass is 245 g/mol. The molecule has 1 rings (SSSR count). The number of nitro groups is 1. The number of nitrogens with two attached hydrogens (primary N) is 1. The van der Waals surface area contributed by atoms with E-state index in [1.807, 2.05) is 0 Å². The highest BCUT2D eigenvalue weighted by Gasteiger charge is 2.28. The van der Waals surface area contributed by atoms with Crippen molar-refractivity contribution in [2.24, 2.45) is 0 Å². The van der Waals surface area contributed by atoms with Crippen molar-refractivity contribution in [2.45, 2.75) is 18.2 Å². The molecule has 0 aliphatic heterocycles. The Hall–Kier alpha value is -1.70. The molecule has 8 heteroatoms. The average molecular weight is 245 g/mol. The summed E-state index contributed by atoms with van der Waals surface area (Å²) in [6.45, 7) is 1.67. The minimum absolute atomic E-state index is 0.155. The van der Waals surface area contributed by atoms with Gasteiger partial charge in [0.15, 0.2) is 9.84 Å². The van der Waals surface area contributed by atoms with Gasteiger partial charge < -0.3 is 5.73 Å². The van der Waals surface area contributed by atoms with Gasteiger partial charge in [-0.05, 0) is 12.5 Å². The van der Waals surface area contributed by atoms with Gasteiger partial charge in [-0.2, -0.15) is 0 Å². The van der Waals surface area contributed by atoms with Gasteiger partial charge >= 0.3 is 5.69 Å². The Morgan fingerprint density at radius 2 is 2.19 bits per heavy atom. The molecule has 0 saturated heterocycles. The summed E-state index contributed by atoms with van der Waals surface area (Å²) in [4.78, 5) is 13.0. The highest BCUT2D eigenvalue weighted by molar-refractivity contribution is 7.91. The lowest BCUT2D eigenvalue weighted by Gasteiger charge is -2.04. The van der Waals surface area contributed by atoms with Crippen LogP contribution in [0.1, 0.15) is 13.3 Å². The lowest BCUT2D eigenvalue weighted by molar-refractivity contribution is -0.387. The fourth-order valence-electron chi connectivity index (χ4n) is 1.26. The summed E-state index contributed by atoms with van der Waals surface area (Å²) in [6.07, 6.45) is 1.52. The van der Waals surface area contributed by atoms with Gasteiger partial charge in [-0.3, -0.25) is 10.1 Å². The molecule has 0 fully saturated rings. The van der Waals surface area contributed by atoms with Crippen molar-refractivity contribution in [3.8, 4) is 0 Å². The number of aromatic nitrogens is 1. The molecular weight excluding hydrogens is 234 g/mol. The molecule has 0 unspecified atom stereocenters. The first-order valence-electron chi connectivity index (χ1n) is 4.51. The van der Waals surface area contributed by atoms with Crippen LogP contribution in [0.5, 0.6) is 0 Å². The second kappa shape index (κ2) is 4.44. The van der Waals surface area contributed by atoms with E-state index >= 15 is 0 Å². The van der Waals surface area contributed by atoms with Crippen LogP contribution in [-0.2, 0) is 9.84 Å². The van der Waals surface area contributed by atoms with E-state index in [4.69, 9.17) is 5.73 Å². The van der Waals surface area contributed by atoms with Crippen LogP contribution in [0, 0.1) is 10.1 Å². The zero-order valence-corrected chi connectivity index (χ0v) is 9.40. The van der Waals surface area contributed by atoms with Crippen molar-refractivity contribution < 1.29 is 13.3 Å². The van der Waals surface area contributed by atoms with E-state index in [1.54, 1.807) is 6.92 Å². The fraction of sp³-hybridized carbons (Fsp3) is 0.375. The Bertz CT molecular complexity index is 512. The van der Waals surface area contributed by atoms with E-state index < -0.39 is 20.4 Å². The maximum absolute atomic E-state index is 11.7. The zero-order chi connectivity index (χ0) is 12.3. The van der Waals surface area contributed by atoms with E-state index in [9.17, 15) is 18.5 Å². The van der Waals surface area contributed by atoms with E-state index in [2.05, 4.69) is 4.98 Å². The second-order valence-corrected chi connectivity index (χ2v) is 5.20. The topological polar surface area (TPSA) is 116 Å². The molecule has 0 amide bonds. The molecular formula is C8H11N3O4S. The third-order valence-corrected chi connectivity index (χ3v) is 3.85. The molecule has 7 nitrogen and oxygen atoms in total. The van der Waals surface area contributed by atoms with Crippen molar-refractivity contribution in [3.05, 3.63) is 22.4 Å². The van der Waals surface area contributed by atoms with Crippen molar-refractivity contribution >= 4 is 21.3 Å². The Labute approximate surface area is 92.4 Å². The van der Waals surface area contributed by atoms with Crippen LogP contribution in [0.4, 0.5) is 11.5 Å². The van der Waals surface area contributed by atoms with Crippen LogP contribution in [-0.4, -0.2) is 24.1 Å². The molecule has 2 N–H and O–H groups in total. The molecule has 88 valence electrons. The van der Waals surface area contributed by atoms with Gasteiger partial charge in [0.1, 0.15) is 4.90 Å². The second-order valence-electron chi connectivity index (χ2n) is 3.12. The van der Waals surface area contributed by atoms with Crippen LogP contribution >= 0.6 is 0 Å². The van der Waals surface area contributed by atoms with Gasteiger partial charge in [-0.25, -0.2) is 13.4 Å². The predicted octanol–water partition coefficient (Wildman–Crippen LogP) is 0.756. The fourth-order valence-corrected chi connectivity index (χ4v) is 2.76. The molecule has 0 aliphatic carbocycles. The normalized spacial score (nSPS) is 11.3. The minimum atomic E-state index is -3.67. The first-order valence-corrected chi connectivity index (χ1v) is 6.17. The van der Waals surface area contributed by atoms with Crippen LogP contribution in [0.25, 0.3) is 0 Å². The largest absolute Gasteiger partial charge is 0.378 e. The molecule has 0 radical (unpaired) electrons. The maximum Gasteiger partial charge on any atom is 0.329 e. The number of rotatable bonds is 4. The smallest absolute Gasteiger partial charge is 0.329 e. The summed E-state index contributed by atoms with van der Waals surface area (Å²) in [5, 5.41) is 10.7. The Balaban J connectivity index is 3.46. The lowest BCUT2D eigenvalue weighted by atomic mass is 10.4. The number of pyridine rings is 1. The van der Waals surface area contributed by atoms with Crippen LogP contribution < -0.4 is 5.73 Å².